The second kappa shape index (κ2) is 3.66. The summed E-state index contributed by atoms with van der Waals surface area (Å²) in [6.07, 6.45) is 7.43. The summed E-state index contributed by atoms with van der Waals surface area (Å²) in [6, 6.07) is 0. The van der Waals surface area contributed by atoms with Crippen molar-refractivity contribution in [3.63, 3.8) is 0 Å². The Morgan fingerprint density at radius 1 is 1.54 bits per heavy atom. The summed E-state index contributed by atoms with van der Waals surface area (Å²) in [4.78, 5) is 4.10. The summed E-state index contributed by atoms with van der Waals surface area (Å²) in [5.41, 5.74) is 1.22. The topological polar surface area (TPSA) is 22.1 Å². The van der Waals surface area contributed by atoms with Gasteiger partial charge in [-0.15, -0.1) is 0 Å². The zero-order valence-corrected chi connectivity index (χ0v) is 9.17. The summed E-state index contributed by atoms with van der Waals surface area (Å²) in [7, 11) is 0. The maximum atomic E-state index is 5.74. The van der Waals surface area contributed by atoms with E-state index in [1.54, 1.807) is 0 Å². The van der Waals surface area contributed by atoms with Crippen molar-refractivity contribution in [1.82, 2.24) is 4.98 Å². The highest BCUT2D eigenvalue weighted by atomic mass is 79.9. The second-order valence-corrected chi connectivity index (χ2v) is 4.12. The first-order chi connectivity index (χ1) is 6.31. The highest BCUT2D eigenvalue weighted by Gasteiger charge is 2.24. The minimum atomic E-state index is 0.446. The molecule has 0 aromatic carbocycles. The molecule has 0 atom stereocenters. The van der Waals surface area contributed by atoms with Crippen LogP contribution in [-0.2, 0) is 6.42 Å². The predicted octanol–water partition coefficient (Wildman–Crippen LogP) is 2.95. The molecule has 0 N–H and O–H groups in total. The van der Waals surface area contributed by atoms with E-state index >= 15 is 0 Å². The summed E-state index contributed by atoms with van der Waals surface area (Å²) in [6.45, 7) is 2.12. The molecule has 0 spiro atoms. The fraction of sp³-hybridized carbons (Fsp3) is 0.500. The second-order valence-electron chi connectivity index (χ2n) is 3.27. The Labute approximate surface area is 86.5 Å². The first-order valence-electron chi connectivity index (χ1n) is 4.60. The van der Waals surface area contributed by atoms with Crippen LogP contribution in [0.3, 0.4) is 0 Å². The lowest BCUT2D eigenvalue weighted by Crippen LogP contribution is -2.00. The summed E-state index contributed by atoms with van der Waals surface area (Å²) in [5, 5.41) is 0. The number of hydrogen-bond donors (Lipinski definition) is 0. The van der Waals surface area contributed by atoms with E-state index in [1.165, 1.54) is 18.4 Å². The number of pyridine rings is 1. The zero-order chi connectivity index (χ0) is 9.26. The largest absolute Gasteiger partial charge is 0.488 e. The lowest BCUT2D eigenvalue weighted by atomic mass is 10.2. The van der Waals surface area contributed by atoms with Crippen molar-refractivity contribution < 1.29 is 4.74 Å². The van der Waals surface area contributed by atoms with Gasteiger partial charge in [0.05, 0.1) is 12.3 Å². The Balaban J connectivity index is 2.25. The molecule has 1 heterocycles. The van der Waals surface area contributed by atoms with Gasteiger partial charge in [-0.1, -0.05) is 6.92 Å². The van der Waals surface area contributed by atoms with Crippen LogP contribution >= 0.6 is 15.9 Å². The molecule has 1 aliphatic carbocycles. The van der Waals surface area contributed by atoms with E-state index in [2.05, 4.69) is 27.8 Å². The Bertz CT molecular complexity index is 310. The number of ether oxygens (including phenoxy) is 1. The van der Waals surface area contributed by atoms with Gasteiger partial charge in [0.25, 0.3) is 0 Å². The molecule has 1 fully saturated rings. The Kier molecular flexibility index (Phi) is 2.54. The van der Waals surface area contributed by atoms with Crippen molar-refractivity contribution in [2.45, 2.75) is 32.3 Å². The van der Waals surface area contributed by atoms with E-state index in [4.69, 9.17) is 4.74 Å². The molecule has 2 rings (SSSR count). The monoisotopic (exact) mass is 241 g/mol. The van der Waals surface area contributed by atoms with Gasteiger partial charge in [-0.2, -0.15) is 0 Å². The van der Waals surface area contributed by atoms with E-state index in [0.717, 1.165) is 16.6 Å². The molecule has 13 heavy (non-hydrogen) atoms. The van der Waals surface area contributed by atoms with Gasteiger partial charge in [-0.3, -0.25) is 4.98 Å². The van der Waals surface area contributed by atoms with Crippen LogP contribution in [0.1, 0.15) is 25.3 Å². The van der Waals surface area contributed by atoms with Gasteiger partial charge in [-0.05, 0) is 35.2 Å². The number of halogens is 1. The molecule has 0 bridgehead atoms. The van der Waals surface area contributed by atoms with Gasteiger partial charge < -0.3 is 4.74 Å². The third-order valence-electron chi connectivity index (χ3n) is 2.14. The highest BCUT2D eigenvalue weighted by molar-refractivity contribution is 9.10. The van der Waals surface area contributed by atoms with E-state index in [-0.39, 0.29) is 0 Å². The van der Waals surface area contributed by atoms with Crippen molar-refractivity contribution in [3.8, 4) is 5.75 Å². The number of nitrogens with zero attached hydrogens (tertiary/aromatic N) is 1. The molecule has 1 aromatic rings. The molecule has 0 radical (unpaired) electrons. The molecule has 1 aliphatic rings. The van der Waals surface area contributed by atoms with Crippen LogP contribution in [0.4, 0.5) is 0 Å². The lowest BCUT2D eigenvalue weighted by molar-refractivity contribution is 0.298. The van der Waals surface area contributed by atoms with Crippen molar-refractivity contribution in [3.05, 3.63) is 22.4 Å². The van der Waals surface area contributed by atoms with Gasteiger partial charge >= 0.3 is 0 Å². The molecular formula is C10H12BrNO. The Morgan fingerprint density at radius 2 is 2.31 bits per heavy atom. The average Bonchev–Trinajstić information content (AvgIpc) is 2.89. The third kappa shape index (κ3) is 2.02. The molecule has 0 amide bonds. The Hall–Kier alpha value is -0.570. The standard InChI is InChI=1S/C10H12BrNO/c1-2-8-9(11)5-12-6-10(8)13-7-3-4-7/h5-7H,2-4H2,1H3. The average molecular weight is 242 g/mol. The number of hydrogen-bond acceptors (Lipinski definition) is 2. The molecule has 1 aromatic heterocycles. The SMILES string of the molecule is CCc1c(Br)cncc1OC1CC1. The first kappa shape index (κ1) is 9.00. The van der Waals surface area contributed by atoms with Crippen molar-refractivity contribution in [2.75, 3.05) is 0 Å². The van der Waals surface area contributed by atoms with Gasteiger partial charge in [0.1, 0.15) is 5.75 Å². The fourth-order valence-corrected chi connectivity index (χ4v) is 1.85. The molecular weight excluding hydrogens is 230 g/mol. The predicted molar refractivity (Wildman–Crippen MR) is 55.0 cm³/mol. The first-order valence-corrected chi connectivity index (χ1v) is 5.39. The molecule has 0 unspecified atom stereocenters. The minimum Gasteiger partial charge on any atom is -0.488 e. The zero-order valence-electron chi connectivity index (χ0n) is 7.59. The van der Waals surface area contributed by atoms with Crippen LogP contribution < -0.4 is 4.74 Å². The molecule has 2 nitrogen and oxygen atoms in total. The van der Waals surface area contributed by atoms with E-state index in [9.17, 15) is 0 Å². The molecule has 70 valence electrons. The molecule has 3 heteroatoms. The van der Waals surface area contributed by atoms with Crippen LogP contribution in [0.25, 0.3) is 0 Å². The van der Waals surface area contributed by atoms with Gasteiger partial charge in [0, 0.05) is 16.2 Å². The number of aromatic nitrogens is 1. The Morgan fingerprint density at radius 3 is 2.92 bits per heavy atom. The van der Waals surface area contributed by atoms with Gasteiger partial charge in [0.15, 0.2) is 0 Å². The minimum absolute atomic E-state index is 0.446. The maximum absolute atomic E-state index is 5.74. The van der Waals surface area contributed by atoms with E-state index in [0.29, 0.717) is 6.10 Å². The normalized spacial score (nSPS) is 15.8. The summed E-state index contributed by atoms with van der Waals surface area (Å²) >= 11 is 3.48. The maximum Gasteiger partial charge on any atom is 0.142 e. The van der Waals surface area contributed by atoms with E-state index < -0.39 is 0 Å². The lowest BCUT2D eigenvalue weighted by Gasteiger charge is -2.09. The van der Waals surface area contributed by atoms with Crippen LogP contribution in [0, 0.1) is 0 Å². The van der Waals surface area contributed by atoms with Crippen molar-refractivity contribution in [2.24, 2.45) is 0 Å². The highest BCUT2D eigenvalue weighted by Crippen LogP contribution is 2.31. The molecule has 0 saturated heterocycles. The van der Waals surface area contributed by atoms with Crippen molar-refractivity contribution in [1.29, 1.82) is 0 Å². The van der Waals surface area contributed by atoms with Crippen LogP contribution in [0.2, 0.25) is 0 Å². The quantitative estimate of drug-likeness (QED) is 0.812. The molecule has 0 aliphatic heterocycles. The van der Waals surface area contributed by atoms with Crippen LogP contribution in [0.5, 0.6) is 5.75 Å². The third-order valence-corrected chi connectivity index (χ3v) is 2.82. The number of rotatable bonds is 3. The van der Waals surface area contributed by atoms with Gasteiger partial charge in [0.2, 0.25) is 0 Å². The summed E-state index contributed by atoms with van der Waals surface area (Å²) in [5.74, 6) is 0.944. The summed E-state index contributed by atoms with van der Waals surface area (Å²) < 4.78 is 6.78. The van der Waals surface area contributed by atoms with Gasteiger partial charge in [-0.25, -0.2) is 0 Å². The van der Waals surface area contributed by atoms with Crippen LogP contribution in [0.15, 0.2) is 16.9 Å². The van der Waals surface area contributed by atoms with E-state index in [1.807, 2.05) is 12.4 Å². The smallest absolute Gasteiger partial charge is 0.142 e. The molecule has 1 saturated carbocycles. The van der Waals surface area contributed by atoms with Crippen molar-refractivity contribution >= 4 is 15.9 Å². The van der Waals surface area contributed by atoms with Crippen LogP contribution in [-0.4, -0.2) is 11.1 Å². The fourth-order valence-electron chi connectivity index (χ4n) is 1.25.